The molecule has 0 spiro atoms. The summed E-state index contributed by atoms with van der Waals surface area (Å²) in [5.74, 6) is 0.881. The van der Waals surface area contributed by atoms with Crippen molar-refractivity contribution in [2.75, 3.05) is 65.6 Å². The number of isocyanates is 7. The largest absolute Gasteiger partial charge is 0.428 e. The van der Waals surface area contributed by atoms with Crippen molar-refractivity contribution in [3.05, 3.63) is 82.5 Å². The van der Waals surface area contributed by atoms with Gasteiger partial charge < -0.3 is 18.6 Å². The normalized spacial score (nSPS) is 15.6. The van der Waals surface area contributed by atoms with E-state index >= 15 is 0 Å². The topological polar surface area (TPSA) is 481 Å². The van der Waals surface area contributed by atoms with Crippen LogP contribution in [-0.4, -0.2) is 165 Å². The number of hydrogen-bond acceptors (Lipinski definition) is 29. The average Bonchev–Trinajstić information content (AvgIpc) is 0.631. The minimum Gasteiger partial charge on any atom is -0.428 e. The fourth-order valence-electron chi connectivity index (χ4n) is 13.2. The van der Waals surface area contributed by atoms with Gasteiger partial charge in [-0.3, -0.25) is 0 Å². The molecule has 36 heteroatoms. The van der Waals surface area contributed by atoms with E-state index in [0.717, 1.165) is 184 Å². The van der Waals surface area contributed by atoms with E-state index in [1.165, 1.54) is 82.9 Å². The van der Waals surface area contributed by atoms with Crippen LogP contribution >= 0.6 is 0 Å². The van der Waals surface area contributed by atoms with Crippen LogP contribution in [0.5, 0.6) is 0 Å². The lowest BCUT2D eigenvalue weighted by Gasteiger charge is -2.39. The number of unbranched alkanes of at least 4 members (excludes halogenated alkanes) is 21. The van der Waals surface area contributed by atoms with Gasteiger partial charge in [-0.15, -0.1) is 0 Å². The van der Waals surface area contributed by atoms with Gasteiger partial charge >= 0.3 is 46.3 Å². The Morgan fingerprint density at radius 1 is 0.391 bits per heavy atom. The minimum absolute atomic E-state index is 0.0357. The summed E-state index contributed by atoms with van der Waals surface area (Å²) >= 11 is 0. The number of carbonyl (C=O) groups is 2. The SMILES string of the molecule is C/C=C/C=C/C(N=C=O)n1c(=O)n(CCCCCCN=C=O)c(=O)n(CCCCCCOC#N)c1=O.N#COCCCCCCN=c1oc(=O)n(CCCCCCN=C=O)c(=O)n1CCCCCCOC#N.O=C=NC1CCC(CC2CCC(N=C=O)CC2)CC1.O=C=NCCCCCCN1C(=O)N(CCCCCCN=C=O)C1=O. The van der Waals surface area contributed by atoms with Crippen molar-refractivity contribution < 1.29 is 61.8 Å². The summed E-state index contributed by atoms with van der Waals surface area (Å²) in [7, 11) is 0. The third-order valence-electron chi connectivity index (χ3n) is 19.4. The molecule has 115 heavy (non-hydrogen) atoms. The molecule has 2 saturated carbocycles. The molecule has 3 aliphatic rings. The highest BCUT2D eigenvalue weighted by Gasteiger charge is 2.42. The number of aliphatic imine (C=N–C) groups is 7. The molecule has 0 bridgehead atoms. The van der Waals surface area contributed by atoms with Crippen molar-refractivity contribution in [2.24, 2.45) is 51.8 Å². The smallest absolute Gasteiger partial charge is 0.425 e. The van der Waals surface area contributed by atoms with Crippen LogP contribution in [-0.2, 0) is 74.0 Å². The van der Waals surface area contributed by atoms with E-state index < -0.39 is 34.7 Å². The fraction of sp³-hybridized carbons (Fsp3) is 0.722. The van der Waals surface area contributed by atoms with Crippen molar-refractivity contribution in [2.45, 2.75) is 289 Å². The molecule has 0 aromatic carbocycles. The zero-order chi connectivity index (χ0) is 84.0. The van der Waals surface area contributed by atoms with Crippen LogP contribution in [0, 0.1) is 46.4 Å². The number of rotatable bonds is 57. The van der Waals surface area contributed by atoms with Crippen LogP contribution in [0.3, 0.4) is 0 Å². The molecule has 3 fully saturated rings. The van der Waals surface area contributed by atoms with Crippen LogP contribution in [0.2, 0.25) is 0 Å². The third kappa shape index (κ3) is 43.6. The van der Waals surface area contributed by atoms with Gasteiger partial charge in [0.2, 0.25) is 42.6 Å². The van der Waals surface area contributed by atoms with Gasteiger partial charge in [0.15, 0.2) is 6.17 Å². The van der Waals surface area contributed by atoms with Crippen molar-refractivity contribution in [1.29, 1.82) is 15.8 Å². The number of ether oxygens (including phenoxy) is 3. The van der Waals surface area contributed by atoms with Gasteiger partial charge in [-0.2, -0.15) is 20.8 Å². The molecular formula is C79H114N18O18. The Bertz CT molecular complexity index is 4020. The molecule has 628 valence electrons. The summed E-state index contributed by atoms with van der Waals surface area (Å²) in [5, 5.41) is 25.2. The number of imide groups is 2. The molecule has 1 aliphatic heterocycles. The van der Waals surface area contributed by atoms with Gasteiger partial charge in [-0.05, 0) is 192 Å². The molecule has 0 N–H and O–H groups in total. The second-order valence-corrected chi connectivity index (χ2v) is 27.7. The minimum atomic E-state index is -1.25. The molecule has 2 aromatic rings. The van der Waals surface area contributed by atoms with Crippen molar-refractivity contribution >= 4 is 54.6 Å². The first-order valence-electron chi connectivity index (χ1n) is 40.3. The number of nitrogens with zero attached hydrogens (tertiary/aromatic N) is 18. The molecule has 2 aliphatic carbocycles. The highest BCUT2D eigenvalue weighted by molar-refractivity contribution is 6.11. The number of urea groups is 2. The third-order valence-corrected chi connectivity index (χ3v) is 19.4. The lowest BCUT2D eigenvalue weighted by atomic mass is 9.76. The number of carbonyl (C=O) groups excluding carboxylic acids is 9. The van der Waals surface area contributed by atoms with Crippen molar-refractivity contribution in [3.8, 4) is 18.8 Å². The second kappa shape index (κ2) is 67.3. The van der Waals surface area contributed by atoms with Crippen LogP contribution in [0.1, 0.15) is 251 Å². The van der Waals surface area contributed by atoms with Crippen molar-refractivity contribution in [1.82, 2.24) is 32.6 Å². The predicted molar refractivity (Wildman–Crippen MR) is 420 cm³/mol. The van der Waals surface area contributed by atoms with E-state index in [4.69, 9.17) is 20.2 Å². The number of aromatic nitrogens is 5. The van der Waals surface area contributed by atoms with Gasteiger partial charge in [-0.25, -0.2) is 135 Å². The molecule has 5 rings (SSSR count). The molecule has 1 unspecified atom stereocenters. The Balaban J connectivity index is 0.000000535. The van der Waals surface area contributed by atoms with E-state index in [1.54, 1.807) is 56.1 Å². The second-order valence-electron chi connectivity index (χ2n) is 27.7. The van der Waals surface area contributed by atoms with Gasteiger partial charge in [0.25, 0.3) is 18.8 Å². The highest BCUT2D eigenvalue weighted by Crippen LogP contribution is 2.36. The lowest BCUT2D eigenvalue weighted by Crippen LogP contribution is -2.64. The first-order valence-corrected chi connectivity index (χ1v) is 40.3. The molecule has 4 amide bonds. The highest BCUT2D eigenvalue weighted by atomic mass is 16.5. The van der Waals surface area contributed by atoms with E-state index in [-0.39, 0.29) is 49.5 Å². The maximum absolute atomic E-state index is 13.2. The van der Waals surface area contributed by atoms with E-state index in [9.17, 15) is 67.1 Å². The quantitative estimate of drug-likeness (QED) is 0.0195. The Morgan fingerprint density at radius 3 is 1.09 bits per heavy atom. The Hall–Kier alpha value is -11.2. The van der Waals surface area contributed by atoms with E-state index in [2.05, 4.69) is 54.1 Å². The summed E-state index contributed by atoms with van der Waals surface area (Å²) in [6, 6.07) is 0.0325. The zero-order valence-electron chi connectivity index (χ0n) is 66.7. The van der Waals surface area contributed by atoms with Crippen LogP contribution in [0.15, 0.2) is 92.6 Å². The lowest BCUT2D eigenvalue weighted by molar-refractivity contribution is 0.104. The summed E-state index contributed by atoms with van der Waals surface area (Å²) in [5.41, 5.74) is -2.82. The van der Waals surface area contributed by atoms with Crippen LogP contribution in [0.4, 0.5) is 9.59 Å². The Morgan fingerprint density at radius 2 is 0.730 bits per heavy atom. The average molecular weight is 1600 g/mol. The Kier molecular flexibility index (Phi) is 58.4. The predicted octanol–water partition coefficient (Wildman–Crippen LogP) is 10.4. The first-order chi connectivity index (χ1) is 56.2. The Labute approximate surface area is 669 Å². The maximum Gasteiger partial charge on any atom is 0.425 e. The van der Waals surface area contributed by atoms with Gasteiger partial charge in [0.1, 0.15) is 19.8 Å². The number of nitriles is 3. The summed E-state index contributed by atoms with van der Waals surface area (Å²) in [4.78, 5) is 192. The van der Waals surface area contributed by atoms with Crippen LogP contribution in [0.25, 0.3) is 0 Å². The first kappa shape index (κ1) is 99.8. The molecule has 2 aromatic heterocycles. The van der Waals surface area contributed by atoms with Gasteiger partial charge in [-0.1, -0.05) is 88.9 Å². The standard InChI is InChI=1S/C24H36N6O6.C24H32N6O6.C16H24N4O4.C15H22N2O2/c25-19-34-17-11-5-2-8-14-28-22-29(15-9-4-6-12-18-35-20-26)23(32)30(24(33)36-22)16-10-3-1-7-13-27-21-31;1-2-3-8-13-21(27-20-32)30-23(34)28(15-10-5-4-9-14-26-19-31)22(33)29(24(30)35)16-11-6-7-12-17-36-18-25;21-13-17-9-5-1-3-7-11-19-15(23)20(16(19)24)12-8-4-2-6-10-18-14-22;18-10-16-14-5-1-12(2-6-14)9-13-3-7-15(8-4-13)17-11-19/h1-18H2;2-3,8,13,21H,4-7,9-12,14-17H2,1H3;1-12H2;12-15H,1-9H2/b;3-2+,13-8+;;. The maximum atomic E-state index is 13.2. The number of amides is 4. The van der Waals surface area contributed by atoms with Gasteiger partial charge in [0.05, 0.1) is 38.3 Å². The van der Waals surface area contributed by atoms with Crippen molar-refractivity contribution in [3.63, 3.8) is 0 Å². The molecule has 1 atom stereocenters. The summed E-state index contributed by atoms with van der Waals surface area (Å²) in [6.45, 7) is 6.73. The van der Waals surface area contributed by atoms with Gasteiger partial charge in [0, 0.05) is 45.8 Å². The monoisotopic (exact) mass is 1600 g/mol. The summed E-state index contributed by atoms with van der Waals surface area (Å²) < 4.78 is 24.7. The molecule has 1 saturated heterocycles. The molecule has 36 nitrogen and oxygen atoms in total. The molecule has 0 radical (unpaired) electrons. The zero-order valence-corrected chi connectivity index (χ0v) is 66.7. The van der Waals surface area contributed by atoms with Crippen LogP contribution < -0.4 is 34.2 Å². The summed E-state index contributed by atoms with van der Waals surface area (Å²) in [6.07, 6.45) is 52.4. The fourth-order valence-corrected chi connectivity index (χ4v) is 13.2. The van der Waals surface area contributed by atoms with E-state index in [1.807, 2.05) is 0 Å². The van der Waals surface area contributed by atoms with E-state index in [0.29, 0.717) is 124 Å². The molecular weight excluding hydrogens is 1490 g/mol. The number of allylic oxidation sites excluding steroid dienone is 3. The number of hydrogen-bond donors (Lipinski definition) is 0. The molecule has 3 heterocycles.